The summed E-state index contributed by atoms with van der Waals surface area (Å²) >= 11 is 0. The lowest BCUT2D eigenvalue weighted by Gasteiger charge is -2.13. The van der Waals surface area contributed by atoms with Gasteiger partial charge in [-0.1, -0.05) is 51.7 Å². The molecule has 24 heavy (non-hydrogen) atoms. The van der Waals surface area contributed by atoms with Crippen molar-refractivity contribution in [1.82, 2.24) is 5.32 Å². The fourth-order valence-electron chi connectivity index (χ4n) is 2.82. The van der Waals surface area contributed by atoms with Crippen LogP contribution in [0.2, 0.25) is 0 Å². The summed E-state index contributed by atoms with van der Waals surface area (Å²) in [6.07, 6.45) is 13.4. The molecule has 3 nitrogen and oxygen atoms in total. The van der Waals surface area contributed by atoms with E-state index in [0.29, 0.717) is 13.2 Å². The first-order chi connectivity index (χ1) is 11.8. The van der Waals surface area contributed by atoms with E-state index in [0.717, 1.165) is 25.0 Å². The summed E-state index contributed by atoms with van der Waals surface area (Å²) in [7, 11) is 0. The minimum absolute atomic E-state index is 0.673. The average molecular weight is 333 g/mol. The molecule has 0 aliphatic heterocycles. The normalized spacial score (nSPS) is 10.6. The smallest absolute Gasteiger partial charge is 0.309 e. The molecule has 1 aromatic carbocycles. The van der Waals surface area contributed by atoms with Gasteiger partial charge in [-0.05, 0) is 55.7 Å². The second-order valence-corrected chi connectivity index (χ2v) is 6.44. The molecular weight excluding hydrogens is 298 g/mol. The molecule has 1 radical (unpaired) electrons. The molecule has 0 aliphatic carbocycles. The quantitative estimate of drug-likeness (QED) is 0.364. The molecule has 1 amide bonds. The third-order valence-corrected chi connectivity index (χ3v) is 4.27. The molecule has 0 unspecified atom stereocenters. The van der Waals surface area contributed by atoms with E-state index in [9.17, 15) is 4.79 Å². The molecule has 135 valence electrons. The molecule has 0 aromatic heterocycles. The van der Waals surface area contributed by atoms with Crippen LogP contribution in [-0.4, -0.2) is 19.6 Å². The number of benzene rings is 1. The highest BCUT2D eigenvalue weighted by atomic mass is 16.5. The van der Waals surface area contributed by atoms with Crippen LogP contribution < -0.4 is 10.1 Å². The molecule has 1 aromatic rings. The average Bonchev–Trinajstić information content (AvgIpc) is 2.60. The number of aryl methyl sites for hydroxylation is 2. The van der Waals surface area contributed by atoms with Crippen molar-refractivity contribution < 1.29 is 9.53 Å². The van der Waals surface area contributed by atoms with Gasteiger partial charge in [0.25, 0.3) is 0 Å². The molecule has 0 aliphatic rings. The molecule has 0 heterocycles. The Balaban J connectivity index is 2.54. The van der Waals surface area contributed by atoms with E-state index in [2.05, 4.69) is 37.4 Å². The highest BCUT2D eigenvalue weighted by Crippen LogP contribution is 2.24. The molecule has 0 atom stereocenters. The van der Waals surface area contributed by atoms with Gasteiger partial charge in [-0.2, -0.15) is 0 Å². The van der Waals surface area contributed by atoms with E-state index in [-0.39, 0.29) is 0 Å². The Hall–Kier alpha value is -1.51. The lowest BCUT2D eigenvalue weighted by molar-refractivity contribution is 0.303. The Bertz CT molecular complexity index is 445. The zero-order valence-electron chi connectivity index (χ0n) is 15.5. The zero-order chi connectivity index (χ0) is 17.5. The standard InChI is InChI=1S/C21H34NO2/c1-3-5-7-11-19-13-14-21(20(17-19)12-8-6-4-2)24-16-10-9-15-22-18-23/h13-14,17H,3-12,15-16H2,1-2H3,(H,22,23). The number of amides is 1. The van der Waals surface area contributed by atoms with E-state index >= 15 is 0 Å². The summed E-state index contributed by atoms with van der Waals surface area (Å²) < 4.78 is 6.00. The van der Waals surface area contributed by atoms with Crippen LogP contribution >= 0.6 is 0 Å². The van der Waals surface area contributed by atoms with Crippen molar-refractivity contribution in [2.45, 2.75) is 78.1 Å². The van der Waals surface area contributed by atoms with Crippen LogP contribution in [-0.2, 0) is 17.6 Å². The Kier molecular flexibility index (Phi) is 11.9. The van der Waals surface area contributed by atoms with Crippen LogP contribution in [0.4, 0.5) is 0 Å². The molecule has 0 spiro atoms. The van der Waals surface area contributed by atoms with Crippen molar-refractivity contribution in [3.05, 3.63) is 29.3 Å². The first-order valence-corrected chi connectivity index (χ1v) is 9.66. The Morgan fingerprint density at radius 1 is 0.958 bits per heavy atom. The van der Waals surface area contributed by atoms with E-state index in [1.165, 1.54) is 56.1 Å². The lowest BCUT2D eigenvalue weighted by atomic mass is 10.00. The van der Waals surface area contributed by atoms with E-state index in [4.69, 9.17) is 4.74 Å². The van der Waals surface area contributed by atoms with Crippen LogP contribution in [0.3, 0.4) is 0 Å². The Morgan fingerprint density at radius 3 is 2.42 bits per heavy atom. The first-order valence-electron chi connectivity index (χ1n) is 9.66. The number of ether oxygens (including phenoxy) is 1. The van der Waals surface area contributed by atoms with Gasteiger partial charge in [0, 0.05) is 6.54 Å². The number of rotatable bonds is 15. The maximum Gasteiger partial charge on any atom is 0.309 e. The summed E-state index contributed by atoms with van der Waals surface area (Å²) in [5, 5.41) is 2.56. The van der Waals surface area contributed by atoms with Crippen LogP contribution in [0.1, 0.15) is 76.3 Å². The topological polar surface area (TPSA) is 38.3 Å². The van der Waals surface area contributed by atoms with Crippen LogP contribution in [0.15, 0.2) is 18.2 Å². The zero-order valence-corrected chi connectivity index (χ0v) is 15.5. The molecule has 0 bridgehead atoms. The highest BCUT2D eigenvalue weighted by Gasteiger charge is 2.06. The fourth-order valence-corrected chi connectivity index (χ4v) is 2.82. The number of carbonyl (C=O) groups excluding carboxylic acids is 1. The third-order valence-electron chi connectivity index (χ3n) is 4.27. The maximum absolute atomic E-state index is 10.1. The van der Waals surface area contributed by atoms with Crippen LogP contribution in [0, 0.1) is 0 Å². The predicted molar refractivity (Wildman–Crippen MR) is 101 cm³/mol. The van der Waals surface area contributed by atoms with Crippen molar-refractivity contribution in [3.63, 3.8) is 0 Å². The number of nitrogens with one attached hydrogen (secondary N) is 1. The van der Waals surface area contributed by atoms with Crippen molar-refractivity contribution in [2.24, 2.45) is 0 Å². The van der Waals surface area contributed by atoms with Crippen molar-refractivity contribution in [3.8, 4) is 5.75 Å². The van der Waals surface area contributed by atoms with Gasteiger partial charge in [0.1, 0.15) is 5.75 Å². The number of hydrogen-bond donors (Lipinski definition) is 1. The molecule has 0 saturated heterocycles. The van der Waals surface area contributed by atoms with Crippen LogP contribution in [0.25, 0.3) is 0 Å². The van der Waals surface area contributed by atoms with E-state index in [1.807, 2.05) is 0 Å². The molecular formula is C21H34NO2. The second-order valence-electron chi connectivity index (χ2n) is 6.44. The van der Waals surface area contributed by atoms with Gasteiger partial charge in [0.2, 0.25) is 0 Å². The summed E-state index contributed by atoms with van der Waals surface area (Å²) in [6, 6.07) is 6.72. The predicted octanol–water partition coefficient (Wildman–Crippen LogP) is 4.97. The molecule has 0 fully saturated rings. The Morgan fingerprint density at radius 2 is 1.71 bits per heavy atom. The van der Waals surface area contributed by atoms with Crippen molar-refractivity contribution in [2.75, 3.05) is 13.2 Å². The largest absolute Gasteiger partial charge is 0.493 e. The summed E-state index contributed by atoms with van der Waals surface area (Å²) in [5.74, 6) is 1.04. The monoisotopic (exact) mass is 332 g/mol. The van der Waals surface area contributed by atoms with Gasteiger partial charge >= 0.3 is 6.41 Å². The highest BCUT2D eigenvalue weighted by molar-refractivity contribution is 5.46. The van der Waals surface area contributed by atoms with E-state index in [1.54, 1.807) is 6.41 Å². The molecule has 0 saturated carbocycles. The van der Waals surface area contributed by atoms with Gasteiger partial charge in [0.05, 0.1) is 6.61 Å². The van der Waals surface area contributed by atoms with E-state index < -0.39 is 0 Å². The molecule has 3 heteroatoms. The second kappa shape index (κ2) is 13.9. The van der Waals surface area contributed by atoms with Gasteiger partial charge in [-0.25, -0.2) is 0 Å². The van der Waals surface area contributed by atoms with Crippen LogP contribution in [0.5, 0.6) is 5.75 Å². The SMILES string of the molecule is CCCCCc1ccc(OCCCCN[C]=O)c(CCCCC)c1. The lowest BCUT2D eigenvalue weighted by Crippen LogP contribution is -2.13. The van der Waals surface area contributed by atoms with Gasteiger partial charge in [-0.15, -0.1) is 0 Å². The number of hydrogen-bond acceptors (Lipinski definition) is 2. The van der Waals surface area contributed by atoms with Gasteiger partial charge in [0.15, 0.2) is 0 Å². The minimum atomic E-state index is 0.673. The van der Waals surface area contributed by atoms with Crippen molar-refractivity contribution in [1.29, 1.82) is 0 Å². The summed E-state index contributed by atoms with van der Waals surface area (Å²) in [6.45, 7) is 5.86. The minimum Gasteiger partial charge on any atom is -0.493 e. The van der Waals surface area contributed by atoms with Gasteiger partial charge in [-0.3, -0.25) is 4.79 Å². The van der Waals surface area contributed by atoms with Crippen molar-refractivity contribution >= 4 is 6.41 Å². The first kappa shape index (κ1) is 20.5. The number of unbranched alkanes of at least 4 members (excludes halogenated alkanes) is 5. The molecule has 1 N–H and O–H groups in total. The Labute approximate surface area is 148 Å². The fraction of sp³-hybridized carbons (Fsp3) is 0.667. The summed E-state index contributed by atoms with van der Waals surface area (Å²) in [5.41, 5.74) is 2.80. The third kappa shape index (κ3) is 8.95. The van der Waals surface area contributed by atoms with Gasteiger partial charge < -0.3 is 10.1 Å². The summed E-state index contributed by atoms with van der Waals surface area (Å²) in [4.78, 5) is 10.1. The molecule has 1 rings (SSSR count). The maximum atomic E-state index is 10.1.